The van der Waals surface area contributed by atoms with Gasteiger partial charge in [-0.1, -0.05) is 43.7 Å². The van der Waals surface area contributed by atoms with E-state index in [1.165, 1.54) is 5.56 Å². The number of carbonyl (C=O) groups excluding carboxylic acids is 2. The number of amides is 2. The summed E-state index contributed by atoms with van der Waals surface area (Å²) in [4.78, 5) is 24.3. The molecule has 4 nitrogen and oxygen atoms in total. The van der Waals surface area contributed by atoms with Gasteiger partial charge in [0.1, 0.15) is 0 Å². The van der Waals surface area contributed by atoms with Gasteiger partial charge >= 0.3 is 0 Å². The summed E-state index contributed by atoms with van der Waals surface area (Å²) < 4.78 is 0. The van der Waals surface area contributed by atoms with Crippen molar-refractivity contribution < 1.29 is 9.59 Å². The molecule has 0 heterocycles. The van der Waals surface area contributed by atoms with E-state index in [4.69, 9.17) is 0 Å². The van der Waals surface area contributed by atoms with Gasteiger partial charge in [-0.15, -0.1) is 0 Å². The van der Waals surface area contributed by atoms with Gasteiger partial charge in [-0.05, 0) is 49.1 Å². The molecule has 4 heteroatoms. The molecule has 132 valence electrons. The Bertz CT molecular complexity index is 721. The van der Waals surface area contributed by atoms with Crippen molar-refractivity contribution in [1.29, 1.82) is 0 Å². The second-order valence-electron chi connectivity index (χ2n) is 6.69. The summed E-state index contributed by atoms with van der Waals surface area (Å²) in [6.07, 6.45) is 0.950. The van der Waals surface area contributed by atoms with Gasteiger partial charge in [0, 0.05) is 24.2 Å². The first-order valence-electron chi connectivity index (χ1n) is 8.67. The second-order valence-corrected chi connectivity index (χ2v) is 6.69. The fourth-order valence-electron chi connectivity index (χ4n) is 2.46. The summed E-state index contributed by atoms with van der Waals surface area (Å²) in [7, 11) is 0. The topological polar surface area (TPSA) is 58.2 Å². The average Bonchev–Trinajstić information content (AvgIpc) is 2.59. The van der Waals surface area contributed by atoms with Crippen LogP contribution >= 0.6 is 0 Å². The van der Waals surface area contributed by atoms with Crippen molar-refractivity contribution in [2.24, 2.45) is 5.92 Å². The quantitative estimate of drug-likeness (QED) is 0.809. The van der Waals surface area contributed by atoms with Crippen LogP contribution < -0.4 is 10.6 Å². The van der Waals surface area contributed by atoms with Crippen LogP contribution in [-0.4, -0.2) is 18.4 Å². The summed E-state index contributed by atoms with van der Waals surface area (Å²) in [5.74, 6) is 0.306. The lowest BCUT2D eigenvalue weighted by Crippen LogP contribution is -2.26. The van der Waals surface area contributed by atoms with Gasteiger partial charge in [-0.3, -0.25) is 9.59 Å². The first kappa shape index (κ1) is 18.7. The molecule has 0 aliphatic rings. The normalized spacial score (nSPS) is 10.6. The van der Waals surface area contributed by atoms with E-state index in [0.29, 0.717) is 30.1 Å². The minimum Gasteiger partial charge on any atom is -0.352 e. The minimum absolute atomic E-state index is 0.104. The monoisotopic (exact) mass is 338 g/mol. The summed E-state index contributed by atoms with van der Waals surface area (Å²) in [6.45, 7) is 7.41. The summed E-state index contributed by atoms with van der Waals surface area (Å²) >= 11 is 0. The number of hydrogen-bond donors (Lipinski definition) is 2. The Morgan fingerprint density at radius 3 is 2.08 bits per heavy atom. The third kappa shape index (κ3) is 6.07. The second kappa shape index (κ2) is 9.02. The lowest BCUT2D eigenvalue weighted by molar-refractivity contribution is 0.0939. The van der Waals surface area contributed by atoms with Crippen LogP contribution in [-0.2, 0) is 6.54 Å². The molecule has 0 saturated carbocycles. The molecule has 2 aromatic rings. The Kier molecular flexibility index (Phi) is 6.75. The first-order chi connectivity index (χ1) is 12.0. The Labute approximate surface area is 149 Å². The Morgan fingerprint density at radius 2 is 1.52 bits per heavy atom. The van der Waals surface area contributed by atoms with E-state index in [-0.39, 0.29) is 11.8 Å². The molecule has 2 aromatic carbocycles. The van der Waals surface area contributed by atoms with E-state index in [2.05, 4.69) is 24.5 Å². The molecule has 2 rings (SSSR count). The van der Waals surface area contributed by atoms with Crippen molar-refractivity contribution in [2.45, 2.75) is 33.7 Å². The largest absolute Gasteiger partial charge is 0.352 e. The van der Waals surface area contributed by atoms with E-state index < -0.39 is 0 Å². The van der Waals surface area contributed by atoms with Gasteiger partial charge < -0.3 is 10.6 Å². The molecule has 0 bridgehead atoms. The highest BCUT2D eigenvalue weighted by Gasteiger charge is 2.09. The standard InChI is InChI=1S/C21H26N2O2/c1-15(2)11-12-22-20(24)18-7-9-19(10-8-18)21(25)23-14-17-6-4-5-16(3)13-17/h4-10,13,15H,11-12,14H2,1-3H3,(H,22,24)(H,23,25). The predicted octanol–water partition coefficient (Wildman–Crippen LogP) is 3.70. The third-order valence-corrected chi connectivity index (χ3v) is 3.95. The molecule has 0 radical (unpaired) electrons. The van der Waals surface area contributed by atoms with E-state index in [1.807, 2.05) is 31.2 Å². The molecule has 0 aliphatic heterocycles. The van der Waals surface area contributed by atoms with Crippen molar-refractivity contribution in [3.8, 4) is 0 Å². The van der Waals surface area contributed by atoms with Crippen LogP contribution in [0.4, 0.5) is 0 Å². The van der Waals surface area contributed by atoms with Gasteiger partial charge in [0.05, 0.1) is 0 Å². The van der Waals surface area contributed by atoms with Crippen LogP contribution in [0.2, 0.25) is 0 Å². The molecule has 25 heavy (non-hydrogen) atoms. The number of benzene rings is 2. The predicted molar refractivity (Wildman–Crippen MR) is 101 cm³/mol. The van der Waals surface area contributed by atoms with Crippen molar-refractivity contribution in [1.82, 2.24) is 10.6 Å². The molecular formula is C21H26N2O2. The summed E-state index contributed by atoms with van der Waals surface area (Å²) in [6, 6.07) is 14.8. The molecule has 0 saturated heterocycles. The van der Waals surface area contributed by atoms with Gasteiger partial charge in [-0.25, -0.2) is 0 Å². The molecule has 2 N–H and O–H groups in total. The summed E-state index contributed by atoms with van der Waals surface area (Å²) in [5, 5.41) is 5.79. The summed E-state index contributed by atoms with van der Waals surface area (Å²) in [5.41, 5.74) is 3.35. The number of nitrogens with one attached hydrogen (secondary N) is 2. The zero-order chi connectivity index (χ0) is 18.2. The van der Waals surface area contributed by atoms with Gasteiger partial charge in [0.15, 0.2) is 0 Å². The van der Waals surface area contributed by atoms with Gasteiger partial charge in [0.25, 0.3) is 11.8 Å². The number of rotatable bonds is 7. The van der Waals surface area contributed by atoms with Crippen LogP contribution in [0.15, 0.2) is 48.5 Å². The molecule has 0 aromatic heterocycles. The number of carbonyl (C=O) groups is 2. The van der Waals surface area contributed by atoms with Crippen LogP contribution in [0.3, 0.4) is 0 Å². The smallest absolute Gasteiger partial charge is 0.251 e. The molecule has 0 aliphatic carbocycles. The minimum atomic E-state index is -0.145. The highest BCUT2D eigenvalue weighted by atomic mass is 16.2. The van der Waals surface area contributed by atoms with Crippen LogP contribution in [0, 0.1) is 12.8 Å². The van der Waals surface area contributed by atoms with Crippen molar-refractivity contribution in [2.75, 3.05) is 6.54 Å². The molecular weight excluding hydrogens is 312 g/mol. The number of hydrogen-bond acceptors (Lipinski definition) is 2. The Morgan fingerprint density at radius 1 is 0.920 bits per heavy atom. The number of aryl methyl sites for hydroxylation is 1. The van der Waals surface area contributed by atoms with E-state index in [0.717, 1.165) is 12.0 Å². The highest BCUT2D eigenvalue weighted by molar-refractivity contribution is 5.97. The van der Waals surface area contributed by atoms with E-state index in [9.17, 15) is 9.59 Å². The molecule has 0 unspecified atom stereocenters. The zero-order valence-electron chi connectivity index (χ0n) is 15.1. The average molecular weight is 338 g/mol. The van der Waals surface area contributed by atoms with E-state index in [1.54, 1.807) is 24.3 Å². The van der Waals surface area contributed by atoms with Crippen LogP contribution in [0.5, 0.6) is 0 Å². The van der Waals surface area contributed by atoms with Crippen LogP contribution in [0.25, 0.3) is 0 Å². The first-order valence-corrected chi connectivity index (χ1v) is 8.67. The fourth-order valence-corrected chi connectivity index (χ4v) is 2.46. The lowest BCUT2D eigenvalue weighted by atomic mass is 10.1. The maximum absolute atomic E-state index is 12.2. The Hall–Kier alpha value is -2.62. The SMILES string of the molecule is Cc1cccc(CNC(=O)c2ccc(C(=O)NCCC(C)C)cc2)c1. The van der Waals surface area contributed by atoms with Crippen molar-refractivity contribution in [3.63, 3.8) is 0 Å². The highest BCUT2D eigenvalue weighted by Crippen LogP contribution is 2.07. The lowest BCUT2D eigenvalue weighted by Gasteiger charge is -2.09. The fraction of sp³-hybridized carbons (Fsp3) is 0.333. The molecule has 0 fully saturated rings. The zero-order valence-corrected chi connectivity index (χ0v) is 15.1. The van der Waals surface area contributed by atoms with Crippen molar-refractivity contribution >= 4 is 11.8 Å². The van der Waals surface area contributed by atoms with Crippen molar-refractivity contribution in [3.05, 3.63) is 70.8 Å². The van der Waals surface area contributed by atoms with Gasteiger partial charge in [0.2, 0.25) is 0 Å². The van der Waals surface area contributed by atoms with E-state index >= 15 is 0 Å². The van der Waals surface area contributed by atoms with Crippen LogP contribution in [0.1, 0.15) is 52.1 Å². The Balaban J connectivity index is 1.88. The van der Waals surface area contributed by atoms with Gasteiger partial charge in [-0.2, -0.15) is 0 Å². The molecule has 0 spiro atoms. The maximum Gasteiger partial charge on any atom is 0.251 e. The third-order valence-electron chi connectivity index (χ3n) is 3.95. The molecule has 0 atom stereocenters. The maximum atomic E-state index is 12.2. The molecule has 2 amide bonds.